The van der Waals surface area contributed by atoms with Crippen molar-refractivity contribution in [2.24, 2.45) is 5.10 Å². The summed E-state index contributed by atoms with van der Waals surface area (Å²) in [5, 5.41) is 4.05. The maximum Gasteiger partial charge on any atom is 0.271 e. The molecule has 0 aliphatic carbocycles. The molecule has 8 nitrogen and oxygen atoms in total. The Morgan fingerprint density at radius 2 is 1.79 bits per heavy atom. The highest BCUT2D eigenvalue weighted by Gasteiger charge is 2.12. The molecule has 3 aromatic rings. The summed E-state index contributed by atoms with van der Waals surface area (Å²) in [4.78, 5) is 17.0. The minimum Gasteiger partial charge on any atom is -0.496 e. The van der Waals surface area contributed by atoms with Crippen molar-refractivity contribution >= 4 is 23.2 Å². The summed E-state index contributed by atoms with van der Waals surface area (Å²) in [6.45, 7) is 4.83. The van der Waals surface area contributed by atoms with E-state index in [1.807, 2.05) is 13.0 Å². The molecule has 0 saturated carbocycles. The Kier molecular flexibility index (Phi) is 6.01. The van der Waals surface area contributed by atoms with Crippen LogP contribution in [0.3, 0.4) is 0 Å². The van der Waals surface area contributed by atoms with Gasteiger partial charge < -0.3 is 18.8 Å². The highest BCUT2D eigenvalue weighted by molar-refractivity contribution is 5.98. The predicted molar refractivity (Wildman–Crippen MR) is 111 cm³/mol. The number of aromatic nitrogens is 2. The van der Waals surface area contributed by atoms with Gasteiger partial charge in [-0.25, -0.2) is 10.4 Å². The van der Waals surface area contributed by atoms with Crippen molar-refractivity contribution in [2.45, 2.75) is 20.4 Å². The fraction of sp³-hybridized carbons (Fsp3) is 0.286. The molecule has 0 atom stereocenters. The second-order valence-corrected chi connectivity index (χ2v) is 6.26. The number of carbonyl (C=O) groups is 1. The van der Waals surface area contributed by atoms with Crippen LogP contribution in [0.4, 0.5) is 0 Å². The highest BCUT2D eigenvalue weighted by Crippen LogP contribution is 2.33. The molecule has 0 fully saturated rings. The quantitative estimate of drug-likeness (QED) is 0.490. The van der Waals surface area contributed by atoms with Gasteiger partial charge in [0, 0.05) is 23.7 Å². The lowest BCUT2D eigenvalue weighted by atomic mass is 10.2. The first-order valence-electron chi connectivity index (χ1n) is 9.12. The maximum atomic E-state index is 12.5. The van der Waals surface area contributed by atoms with Gasteiger partial charge in [-0.1, -0.05) is 0 Å². The van der Waals surface area contributed by atoms with Gasteiger partial charge in [-0.2, -0.15) is 5.10 Å². The third-order valence-electron chi connectivity index (χ3n) is 4.62. The van der Waals surface area contributed by atoms with Crippen LogP contribution in [-0.4, -0.2) is 43.0 Å². The third-order valence-corrected chi connectivity index (χ3v) is 4.62. The van der Waals surface area contributed by atoms with E-state index >= 15 is 0 Å². The lowest BCUT2D eigenvalue weighted by molar-refractivity contribution is 0.0955. The topological polar surface area (TPSA) is 87.0 Å². The molecule has 1 amide bonds. The molecule has 0 bridgehead atoms. The Morgan fingerprint density at radius 1 is 1.10 bits per heavy atom. The zero-order valence-corrected chi connectivity index (χ0v) is 17.1. The molecular weight excluding hydrogens is 372 g/mol. The molecular formula is C21H24N4O4. The summed E-state index contributed by atoms with van der Waals surface area (Å²) in [7, 11) is 4.64. The number of hydrazone groups is 1. The summed E-state index contributed by atoms with van der Waals surface area (Å²) in [5.74, 6) is 2.21. The van der Waals surface area contributed by atoms with Gasteiger partial charge in [0.25, 0.3) is 5.91 Å². The van der Waals surface area contributed by atoms with Crippen molar-refractivity contribution in [3.63, 3.8) is 0 Å². The molecule has 8 heteroatoms. The number of amides is 1. The van der Waals surface area contributed by atoms with Crippen molar-refractivity contribution < 1.29 is 19.0 Å². The average molecular weight is 396 g/mol. The number of rotatable bonds is 7. The highest BCUT2D eigenvalue weighted by atomic mass is 16.5. The van der Waals surface area contributed by atoms with E-state index in [9.17, 15) is 4.79 Å². The molecule has 1 aromatic heterocycles. The van der Waals surface area contributed by atoms with E-state index in [1.54, 1.807) is 45.6 Å². The average Bonchev–Trinajstić information content (AvgIpc) is 3.06. The molecule has 1 N–H and O–H groups in total. The Morgan fingerprint density at radius 3 is 2.45 bits per heavy atom. The molecule has 3 rings (SSSR count). The molecule has 0 unspecified atom stereocenters. The molecule has 0 saturated heterocycles. The summed E-state index contributed by atoms with van der Waals surface area (Å²) in [6, 6.07) is 8.84. The number of imidazole rings is 1. The van der Waals surface area contributed by atoms with Crippen molar-refractivity contribution in [1.82, 2.24) is 15.0 Å². The van der Waals surface area contributed by atoms with Gasteiger partial charge in [0.15, 0.2) is 11.5 Å². The number of ether oxygens (including phenoxy) is 3. The van der Waals surface area contributed by atoms with Crippen LogP contribution in [-0.2, 0) is 6.54 Å². The maximum absolute atomic E-state index is 12.5. The van der Waals surface area contributed by atoms with E-state index in [2.05, 4.69) is 27.0 Å². The molecule has 0 aliphatic heterocycles. The molecule has 0 spiro atoms. The van der Waals surface area contributed by atoms with Crippen LogP contribution >= 0.6 is 0 Å². The monoisotopic (exact) mass is 396 g/mol. The second kappa shape index (κ2) is 8.64. The van der Waals surface area contributed by atoms with Gasteiger partial charge in [0.05, 0.1) is 38.6 Å². The third kappa shape index (κ3) is 4.01. The van der Waals surface area contributed by atoms with Crippen molar-refractivity contribution in [3.8, 4) is 17.2 Å². The van der Waals surface area contributed by atoms with E-state index in [1.165, 1.54) is 6.21 Å². The summed E-state index contributed by atoms with van der Waals surface area (Å²) >= 11 is 0. The summed E-state index contributed by atoms with van der Waals surface area (Å²) in [5.41, 5.74) is 5.43. The number of benzene rings is 2. The van der Waals surface area contributed by atoms with Crippen LogP contribution in [0.15, 0.2) is 35.4 Å². The van der Waals surface area contributed by atoms with Gasteiger partial charge in [0.2, 0.25) is 0 Å². The molecule has 1 heterocycles. The van der Waals surface area contributed by atoms with Gasteiger partial charge in [-0.05, 0) is 38.1 Å². The van der Waals surface area contributed by atoms with E-state index in [0.29, 0.717) is 28.4 Å². The van der Waals surface area contributed by atoms with Crippen LogP contribution in [0.25, 0.3) is 11.0 Å². The first-order chi connectivity index (χ1) is 14.0. The van der Waals surface area contributed by atoms with E-state index in [-0.39, 0.29) is 5.91 Å². The predicted octanol–water partition coefficient (Wildman–Crippen LogP) is 3.15. The zero-order valence-electron chi connectivity index (χ0n) is 17.1. The summed E-state index contributed by atoms with van der Waals surface area (Å²) < 4.78 is 18.0. The van der Waals surface area contributed by atoms with Crippen LogP contribution < -0.4 is 19.6 Å². The Hall–Kier alpha value is -3.55. The van der Waals surface area contributed by atoms with Crippen molar-refractivity contribution in [1.29, 1.82) is 0 Å². The first-order valence-corrected chi connectivity index (χ1v) is 9.12. The van der Waals surface area contributed by atoms with Crippen molar-refractivity contribution in [3.05, 3.63) is 47.3 Å². The lowest BCUT2D eigenvalue weighted by Crippen LogP contribution is -2.17. The number of nitrogens with one attached hydrogen (secondary N) is 1. The van der Waals surface area contributed by atoms with Crippen LogP contribution in [0.1, 0.15) is 28.7 Å². The molecule has 152 valence electrons. The van der Waals surface area contributed by atoms with E-state index < -0.39 is 0 Å². The molecule has 0 radical (unpaired) electrons. The number of aryl methyl sites for hydroxylation is 2. The minimum absolute atomic E-state index is 0.328. The SMILES string of the molecule is CCn1c(C)nc2cc(C(=O)NN=Cc3cc(OC)c(OC)cc3OC)ccc21. The first kappa shape index (κ1) is 20.2. The zero-order chi connectivity index (χ0) is 21.0. The normalized spacial score (nSPS) is 11.1. The Labute approximate surface area is 169 Å². The number of nitrogens with zero attached hydrogens (tertiary/aromatic N) is 3. The summed E-state index contributed by atoms with van der Waals surface area (Å²) in [6.07, 6.45) is 1.49. The van der Waals surface area contributed by atoms with Gasteiger partial charge >= 0.3 is 0 Å². The fourth-order valence-electron chi connectivity index (χ4n) is 3.17. The van der Waals surface area contributed by atoms with Crippen LogP contribution in [0.2, 0.25) is 0 Å². The molecule has 0 aliphatic rings. The lowest BCUT2D eigenvalue weighted by Gasteiger charge is -2.11. The second-order valence-electron chi connectivity index (χ2n) is 6.26. The van der Waals surface area contributed by atoms with Crippen LogP contribution in [0.5, 0.6) is 17.2 Å². The fourth-order valence-corrected chi connectivity index (χ4v) is 3.17. The van der Waals surface area contributed by atoms with Gasteiger partial charge in [-0.15, -0.1) is 0 Å². The van der Waals surface area contributed by atoms with Crippen molar-refractivity contribution in [2.75, 3.05) is 21.3 Å². The van der Waals surface area contributed by atoms with Gasteiger partial charge in [0.1, 0.15) is 11.6 Å². The molecule has 29 heavy (non-hydrogen) atoms. The smallest absolute Gasteiger partial charge is 0.271 e. The number of methoxy groups -OCH3 is 3. The van der Waals surface area contributed by atoms with E-state index in [4.69, 9.17) is 14.2 Å². The number of hydrogen-bond acceptors (Lipinski definition) is 6. The Balaban J connectivity index is 1.80. The number of hydrogen-bond donors (Lipinski definition) is 1. The number of fused-ring (bicyclic) bond motifs is 1. The molecule has 2 aromatic carbocycles. The van der Waals surface area contributed by atoms with Crippen LogP contribution in [0, 0.1) is 6.92 Å². The van der Waals surface area contributed by atoms with Gasteiger partial charge in [-0.3, -0.25) is 4.79 Å². The van der Waals surface area contributed by atoms with E-state index in [0.717, 1.165) is 23.4 Å². The largest absolute Gasteiger partial charge is 0.496 e. The number of carbonyl (C=O) groups excluding carboxylic acids is 1. The minimum atomic E-state index is -0.328. The Bertz CT molecular complexity index is 1070. The standard InChI is InChI=1S/C21H24N4O4/c1-6-25-13(2)23-16-9-14(7-8-17(16)25)21(26)24-22-12-15-10-19(28-4)20(29-5)11-18(15)27-3/h7-12H,6H2,1-5H3,(H,24,26).